The zero-order chi connectivity index (χ0) is 19.4. The van der Waals surface area contributed by atoms with Gasteiger partial charge in [-0.15, -0.1) is 0 Å². The van der Waals surface area contributed by atoms with E-state index in [0.29, 0.717) is 24.5 Å². The van der Waals surface area contributed by atoms with E-state index in [9.17, 15) is 14.7 Å². The van der Waals surface area contributed by atoms with E-state index >= 15 is 0 Å². The van der Waals surface area contributed by atoms with E-state index in [2.05, 4.69) is 0 Å². The van der Waals surface area contributed by atoms with Crippen molar-refractivity contribution in [2.75, 3.05) is 13.2 Å². The first kappa shape index (κ1) is 18.8. The number of ether oxygens (including phenoxy) is 1. The van der Waals surface area contributed by atoms with E-state index in [1.807, 2.05) is 32.0 Å². The normalized spacial score (nSPS) is 16.9. The molecule has 0 bridgehead atoms. The van der Waals surface area contributed by atoms with E-state index in [1.165, 1.54) is 12.3 Å². The molecule has 27 heavy (non-hydrogen) atoms. The average Bonchev–Trinajstić information content (AvgIpc) is 3.28. The second-order valence-electron chi connectivity index (χ2n) is 6.33. The number of aliphatic hydroxyl groups excluding tert-OH is 1. The lowest BCUT2D eigenvalue weighted by Crippen LogP contribution is -2.32. The van der Waals surface area contributed by atoms with Gasteiger partial charge in [-0.25, -0.2) is 0 Å². The zero-order valence-corrected chi connectivity index (χ0v) is 15.5. The number of unbranched alkanes of at least 4 members (excludes halogenated alkanes) is 1. The summed E-state index contributed by atoms with van der Waals surface area (Å²) in [6.45, 7) is 4.86. The predicted octanol–water partition coefficient (Wildman–Crippen LogP) is 4.06. The van der Waals surface area contributed by atoms with E-state index in [4.69, 9.17) is 9.15 Å². The Morgan fingerprint density at radius 3 is 2.74 bits per heavy atom. The van der Waals surface area contributed by atoms with Crippen molar-refractivity contribution in [3.63, 3.8) is 0 Å². The van der Waals surface area contributed by atoms with E-state index in [-0.39, 0.29) is 11.3 Å². The maximum Gasteiger partial charge on any atom is 0.290 e. The fourth-order valence-corrected chi connectivity index (χ4v) is 3.27. The molecule has 2 heterocycles. The van der Waals surface area contributed by atoms with Crippen LogP contribution >= 0.6 is 0 Å². The maximum absolute atomic E-state index is 13.0. The summed E-state index contributed by atoms with van der Waals surface area (Å²) >= 11 is 0. The molecule has 6 nitrogen and oxygen atoms in total. The highest BCUT2D eigenvalue weighted by atomic mass is 16.5. The number of furan rings is 1. The molecule has 0 saturated heterocycles. The van der Waals surface area contributed by atoms with Crippen molar-refractivity contribution in [1.82, 2.24) is 4.90 Å². The number of nitrogens with zero attached hydrogens (tertiary/aromatic N) is 1. The fourth-order valence-electron chi connectivity index (χ4n) is 3.27. The van der Waals surface area contributed by atoms with Gasteiger partial charge < -0.3 is 19.2 Å². The van der Waals surface area contributed by atoms with Crippen molar-refractivity contribution in [3.8, 4) is 5.75 Å². The molecule has 1 atom stereocenters. The molecule has 0 aliphatic carbocycles. The average molecular weight is 369 g/mol. The molecule has 1 amide bonds. The summed E-state index contributed by atoms with van der Waals surface area (Å²) in [6, 6.07) is 9.70. The van der Waals surface area contributed by atoms with E-state index in [0.717, 1.165) is 12.8 Å². The number of amides is 1. The van der Waals surface area contributed by atoms with Crippen LogP contribution in [0.4, 0.5) is 0 Å². The van der Waals surface area contributed by atoms with Crippen molar-refractivity contribution in [2.24, 2.45) is 0 Å². The monoisotopic (exact) mass is 369 g/mol. The van der Waals surface area contributed by atoms with Crippen LogP contribution in [0.3, 0.4) is 0 Å². The number of carbonyl (C=O) groups excluding carboxylic acids is 2. The van der Waals surface area contributed by atoms with Gasteiger partial charge in [0, 0.05) is 6.54 Å². The highest BCUT2D eigenvalue weighted by Gasteiger charge is 2.44. The molecule has 1 aromatic heterocycles. The molecule has 1 N–H and O–H groups in total. The SMILES string of the molecule is CCCCN1C(=O)C(O)=C(C(=O)c2ccco2)C1c1cccc(OCC)c1. The predicted molar refractivity (Wildman–Crippen MR) is 99.7 cm³/mol. The number of aliphatic hydroxyl groups is 1. The van der Waals surface area contributed by atoms with Gasteiger partial charge in [-0.1, -0.05) is 25.5 Å². The number of benzene rings is 1. The Morgan fingerprint density at radius 2 is 2.07 bits per heavy atom. The summed E-state index contributed by atoms with van der Waals surface area (Å²) in [4.78, 5) is 27.2. The third kappa shape index (κ3) is 3.60. The van der Waals surface area contributed by atoms with Crippen molar-refractivity contribution < 1.29 is 23.8 Å². The van der Waals surface area contributed by atoms with E-state index < -0.39 is 23.5 Å². The van der Waals surface area contributed by atoms with Crippen LogP contribution in [0.5, 0.6) is 5.75 Å². The molecule has 0 spiro atoms. The topological polar surface area (TPSA) is 80.0 Å². The molecule has 142 valence electrons. The quantitative estimate of drug-likeness (QED) is 0.710. The minimum absolute atomic E-state index is 0.0414. The molecule has 6 heteroatoms. The summed E-state index contributed by atoms with van der Waals surface area (Å²) < 4.78 is 10.8. The van der Waals surface area contributed by atoms with Crippen LogP contribution in [0, 0.1) is 0 Å². The van der Waals surface area contributed by atoms with Gasteiger partial charge >= 0.3 is 0 Å². The van der Waals surface area contributed by atoms with Crippen LogP contribution in [0.1, 0.15) is 48.8 Å². The number of ketones is 1. The van der Waals surface area contributed by atoms with Crippen LogP contribution in [-0.4, -0.2) is 34.8 Å². The van der Waals surface area contributed by atoms with Gasteiger partial charge in [0.25, 0.3) is 5.91 Å². The summed E-state index contributed by atoms with van der Waals surface area (Å²) in [6.07, 6.45) is 3.04. The molecule has 1 aliphatic rings. The van der Waals surface area contributed by atoms with Gasteiger partial charge in [0.15, 0.2) is 11.5 Å². The van der Waals surface area contributed by atoms with Gasteiger partial charge in [0.2, 0.25) is 5.78 Å². The standard InChI is InChI=1S/C21H23NO5/c1-3-5-11-22-18(14-8-6-9-15(13-14)26-4-2)17(20(24)21(22)25)19(23)16-10-7-12-27-16/h6-10,12-13,18,24H,3-5,11H2,1-2H3. The fraction of sp³-hybridized carbons (Fsp3) is 0.333. The second-order valence-corrected chi connectivity index (χ2v) is 6.33. The Hall–Kier alpha value is -3.02. The molecule has 0 saturated carbocycles. The molecular formula is C21H23NO5. The van der Waals surface area contributed by atoms with Gasteiger partial charge in [-0.3, -0.25) is 9.59 Å². The Labute approximate surface area is 158 Å². The Balaban J connectivity index is 2.06. The largest absolute Gasteiger partial charge is 0.503 e. The summed E-state index contributed by atoms with van der Waals surface area (Å²) in [5, 5.41) is 10.5. The summed E-state index contributed by atoms with van der Waals surface area (Å²) in [5.41, 5.74) is 0.754. The first-order valence-corrected chi connectivity index (χ1v) is 9.13. The lowest BCUT2D eigenvalue weighted by atomic mass is 9.95. The molecular weight excluding hydrogens is 346 g/mol. The number of rotatable bonds is 8. The number of hydrogen-bond acceptors (Lipinski definition) is 5. The van der Waals surface area contributed by atoms with Crippen molar-refractivity contribution in [2.45, 2.75) is 32.7 Å². The second kappa shape index (κ2) is 8.12. The Kier molecular flexibility index (Phi) is 5.64. The lowest BCUT2D eigenvalue weighted by molar-refractivity contribution is -0.129. The lowest BCUT2D eigenvalue weighted by Gasteiger charge is -2.26. The third-order valence-corrected chi connectivity index (χ3v) is 4.53. The first-order valence-electron chi connectivity index (χ1n) is 9.13. The first-order chi connectivity index (χ1) is 13.1. The highest BCUT2D eigenvalue weighted by molar-refractivity contribution is 6.15. The molecule has 0 radical (unpaired) electrons. The van der Waals surface area contributed by atoms with E-state index in [1.54, 1.807) is 17.0 Å². The van der Waals surface area contributed by atoms with Crippen molar-refractivity contribution in [1.29, 1.82) is 0 Å². The highest BCUT2D eigenvalue weighted by Crippen LogP contribution is 2.40. The van der Waals surface area contributed by atoms with Gasteiger partial charge in [-0.05, 0) is 43.2 Å². The smallest absolute Gasteiger partial charge is 0.290 e. The Bertz CT molecular complexity index is 853. The number of hydrogen-bond donors (Lipinski definition) is 1. The van der Waals surface area contributed by atoms with Crippen LogP contribution in [0.25, 0.3) is 0 Å². The van der Waals surface area contributed by atoms with Gasteiger partial charge in [0.05, 0.1) is 24.5 Å². The van der Waals surface area contributed by atoms with Crippen LogP contribution in [-0.2, 0) is 4.79 Å². The minimum atomic E-state index is -0.679. The summed E-state index contributed by atoms with van der Waals surface area (Å²) in [7, 11) is 0. The molecule has 0 fully saturated rings. The van der Waals surface area contributed by atoms with Crippen LogP contribution in [0.2, 0.25) is 0 Å². The number of Topliss-reactive ketones (excluding diaryl/α,β-unsaturated/α-hetero) is 1. The van der Waals surface area contributed by atoms with Crippen molar-refractivity contribution in [3.05, 3.63) is 65.3 Å². The summed E-state index contributed by atoms with van der Waals surface area (Å²) in [5.74, 6) is -0.803. The number of carbonyl (C=O) groups is 2. The van der Waals surface area contributed by atoms with Crippen molar-refractivity contribution >= 4 is 11.7 Å². The van der Waals surface area contributed by atoms with Crippen LogP contribution < -0.4 is 4.74 Å². The minimum Gasteiger partial charge on any atom is -0.503 e. The molecule has 2 aromatic rings. The maximum atomic E-state index is 13.0. The third-order valence-electron chi connectivity index (χ3n) is 4.53. The van der Waals surface area contributed by atoms with Gasteiger partial charge in [-0.2, -0.15) is 0 Å². The van der Waals surface area contributed by atoms with Gasteiger partial charge in [0.1, 0.15) is 5.75 Å². The Morgan fingerprint density at radius 1 is 1.26 bits per heavy atom. The molecule has 1 aromatic carbocycles. The van der Waals surface area contributed by atoms with Crippen LogP contribution in [0.15, 0.2) is 58.4 Å². The zero-order valence-electron chi connectivity index (χ0n) is 15.5. The molecule has 1 aliphatic heterocycles. The molecule has 3 rings (SSSR count). The molecule has 1 unspecified atom stereocenters.